The Balaban J connectivity index is 2.90. The van der Waals surface area contributed by atoms with Crippen LogP contribution in [-0.4, -0.2) is 43.1 Å². The van der Waals surface area contributed by atoms with Crippen LogP contribution in [0, 0.1) is 0 Å². The maximum absolute atomic E-state index is 11.7. The smallest absolute Gasteiger partial charge is 0.331 e. The molecule has 0 aliphatic carbocycles. The van der Waals surface area contributed by atoms with E-state index in [0.29, 0.717) is 11.3 Å². The number of carbonyl (C=O) groups is 2. The molecule has 2 atom stereocenters. The molecule has 1 aromatic rings. The minimum atomic E-state index is -1.23. The minimum absolute atomic E-state index is 0.0460. The molecule has 0 bridgehead atoms. The molecule has 0 saturated carbocycles. The Morgan fingerprint density at radius 3 is 2.38 bits per heavy atom. The number of methoxy groups -OCH3 is 2. The Morgan fingerprint density at radius 1 is 1.29 bits per heavy atom. The highest BCUT2D eigenvalue weighted by Crippen LogP contribution is 2.21. The van der Waals surface area contributed by atoms with Crippen molar-refractivity contribution >= 4 is 23.5 Å². The lowest BCUT2D eigenvalue weighted by Gasteiger charge is -2.22. The average Bonchev–Trinajstić information content (AvgIpc) is 2.51. The average molecular weight is 316 g/mol. The van der Waals surface area contributed by atoms with Crippen LogP contribution < -0.4 is 10.1 Å². The lowest BCUT2D eigenvalue weighted by Crippen LogP contribution is -2.45. The van der Waals surface area contributed by atoms with Crippen LogP contribution in [0.2, 0.25) is 0 Å². The van der Waals surface area contributed by atoms with Crippen molar-refractivity contribution < 1.29 is 24.2 Å². The van der Waals surface area contributed by atoms with Crippen LogP contribution in [-0.2, 0) is 14.3 Å². The summed E-state index contributed by atoms with van der Waals surface area (Å²) in [6.07, 6.45) is -1.19. The van der Waals surface area contributed by atoms with E-state index in [1.165, 1.54) is 14.2 Å². The van der Waals surface area contributed by atoms with E-state index in [0.717, 1.165) is 0 Å². The molecule has 0 heterocycles. The fourth-order valence-corrected chi connectivity index (χ4v) is 1.89. The first kappa shape index (κ1) is 17.3. The summed E-state index contributed by atoms with van der Waals surface area (Å²) in [5, 5.41) is 12.7. The molecule has 1 aromatic carbocycles. The summed E-state index contributed by atoms with van der Waals surface area (Å²) in [4.78, 5) is 23.3. The zero-order valence-electron chi connectivity index (χ0n) is 11.8. The summed E-state index contributed by atoms with van der Waals surface area (Å²) >= 11 is 5.47. The fraction of sp³-hybridized carbons (Fsp3) is 0.429. The van der Waals surface area contributed by atoms with Crippen LogP contribution in [0.25, 0.3) is 0 Å². The van der Waals surface area contributed by atoms with E-state index in [1.54, 1.807) is 24.3 Å². The van der Waals surface area contributed by atoms with Gasteiger partial charge in [-0.3, -0.25) is 4.79 Å². The molecule has 0 aliphatic heterocycles. The van der Waals surface area contributed by atoms with Gasteiger partial charge >= 0.3 is 5.97 Å². The van der Waals surface area contributed by atoms with Crippen molar-refractivity contribution in [2.45, 2.75) is 18.6 Å². The zero-order chi connectivity index (χ0) is 15.8. The molecule has 1 amide bonds. The van der Waals surface area contributed by atoms with E-state index >= 15 is 0 Å². The van der Waals surface area contributed by atoms with Crippen molar-refractivity contribution in [3.05, 3.63) is 29.8 Å². The number of alkyl halides is 1. The third-order valence-corrected chi connectivity index (χ3v) is 3.06. The molecule has 21 heavy (non-hydrogen) atoms. The number of esters is 1. The largest absolute Gasteiger partial charge is 0.497 e. The third kappa shape index (κ3) is 4.91. The number of amides is 1. The van der Waals surface area contributed by atoms with Gasteiger partial charge in [-0.2, -0.15) is 0 Å². The maximum Gasteiger partial charge on any atom is 0.331 e. The second-order valence-corrected chi connectivity index (χ2v) is 4.60. The highest BCUT2D eigenvalue weighted by molar-refractivity contribution is 6.18. The monoisotopic (exact) mass is 315 g/mol. The molecule has 116 valence electrons. The molecule has 0 fully saturated rings. The van der Waals surface area contributed by atoms with Gasteiger partial charge in [-0.1, -0.05) is 12.1 Å². The number of benzene rings is 1. The summed E-state index contributed by atoms with van der Waals surface area (Å²) in [5.41, 5.74) is 0.456. The summed E-state index contributed by atoms with van der Waals surface area (Å²) in [7, 11) is 2.71. The quantitative estimate of drug-likeness (QED) is 0.579. The number of carbonyl (C=O) groups excluding carboxylic acids is 2. The third-order valence-electron chi connectivity index (χ3n) is 2.87. The van der Waals surface area contributed by atoms with E-state index in [2.05, 4.69) is 10.1 Å². The fourth-order valence-electron chi connectivity index (χ4n) is 1.72. The highest BCUT2D eigenvalue weighted by Gasteiger charge is 2.30. The highest BCUT2D eigenvalue weighted by atomic mass is 35.5. The first-order valence-corrected chi connectivity index (χ1v) is 6.82. The van der Waals surface area contributed by atoms with E-state index < -0.39 is 24.0 Å². The summed E-state index contributed by atoms with van der Waals surface area (Å²) in [6.45, 7) is 0. The Hall–Kier alpha value is -1.79. The summed E-state index contributed by atoms with van der Waals surface area (Å²) in [6, 6.07) is 5.31. The van der Waals surface area contributed by atoms with Gasteiger partial charge in [0.2, 0.25) is 5.91 Å². The van der Waals surface area contributed by atoms with E-state index in [4.69, 9.17) is 16.3 Å². The van der Waals surface area contributed by atoms with Gasteiger partial charge in [-0.15, -0.1) is 11.6 Å². The minimum Gasteiger partial charge on any atom is -0.497 e. The van der Waals surface area contributed by atoms with Crippen molar-refractivity contribution in [1.82, 2.24) is 5.32 Å². The maximum atomic E-state index is 11.7. The van der Waals surface area contributed by atoms with Gasteiger partial charge in [0.1, 0.15) is 11.9 Å². The van der Waals surface area contributed by atoms with E-state index in [-0.39, 0.29) is 12.3 Å². The van der Waals surface area contributed by atoms with E-state index in [9.17, 15) is 14.7 Å². The van der Waals surface area contributed by atoms with Crippen LogP contribution >= 0.6 is 11.6 Å². The number of rotatable bonds is 7. The van der Waals surface area contributed by atoms with Crippen molar-refractivity contribution in [3.8, 4) is 5.75 Å². The van der Waals surface area contributed by atoms with Gasteiger partial charge < -0.3 is 19.9 Å². The molecular weight excluding hydrogens is 298 g/mol. The van der Waals surface area contributed by atoms with Crippen LogP contribution in [0.3, 0.4) is 0 Å². The molecule has 0 aliphatic rings. The number of halogens is 1. The number of aliphatic hydroxyl groups is 1. The van der Waals surface area contributed by atoms with Gasteiger partial charge in [-0.05, 0) is 17.7 Å². The summed E-state index contributed by atoms with van der Waals surface area (Å²) in [5.74, 6) is -0.431. The first-order valence-electron chi connectivity index (χ1n) is 6.28. The predicted molar refractivity (Wildman–Crippen MR) is 77.2 cm³/mol. The van der Waals surface area contributed by atoms with Crippen LogP contribution in [0.5, 0.6) is 5.75 Å². The molecule has 2 unspecified atom stereocenters. The van der Waals surface area contributed by atoms with Crippen LogP contribution in [0.4, 0.5) is 0 Å². The number of nitrogens with one attached hydrogen (secondary N) is 1. The van der Waals surface area contributed by atoms with Crippen molar-refractivity contribution in [2.75, 3.05) is 20.1 Å². The topological polar surface area (TPSA) is 84.9 Å². The lowest BCUT2D eigenvalue weighted by atomic mass is 10.0. The molecule has 6 nitrogen and oxygen atoms in total. The standard InChI is InChI=1S/C14H18ClNO5/c1-20-10-5-3-9(4-6-10)13(18)12(14(19)21-2)16-11(17)7-8-15/h3-6,12-13,18H,7-8H2,1-2H3,(H,16,17). The van der Waals surface area contributed by atoms with Crippen molar-refractivity contribution in [1.29, 1.82) is 0 Å². The van der Waals surface area contributed by atoms with Gasteiger partial charge in [0, 0.05) is 12.3 Å². The number of hydrogen-bond donors (Lipinski definition) is 2. The van der Waals surface area contributed by atoms with Gasteiger partial charge in [0.05, 0.1) is 14.2 Å². The Labute approximate surface area is 128 Å². The molecule has 7 heteroatoms. The first-order chi connectivity index (χ1) is 10.0. The number of aliphatic hydroxyl groups excluding tert-OH is 1. The number of hydrogen-bond acceptors (Lipinski definition) is 5. The second-order valence-electron chi connectivity index (χ2n) is 4.23. The zero-order valence-corrected chi connectivity index (χ0v) is 12.6. The second kappa shape index (κ2) is 8.49. The molecule has 0 spiro atoms. The number of ether oxygens (including phenoxy) is 2. The molecule has 0 radical (unpaired) electrons. The van der Waals surface area contributed by atoms with E-state index in [1.807, 2.05) is 0 Å². The molecule has 0 saturated heterocycles. The Morgan fingerprint density at radius 2 is 1.90 bits per heavy atom. The van der Waals surface area contributed by atoms with Gasteiger partial charge in [0.25, 0.3) is 0 Å². The van der Waals surface area contributed by atoms with Crippen LogP contribution in [0.15, 0.2) is 24.3 Å². The molecule has 0 aromatic heterocycles. The molecule has 1 rings (SSSR count). The molecular formula is C14H18ClNO5. The lowest BCUT2D eigenvalue weighted by molar-refractivity contribution is -0.148. The SMILES string of the molecule is COC(=O)C(NC(=O)CCCl)C(O)c1ccc(OC)cc1. The van der Waals surface area contributed by atoms with Gasteiger partial charge in [0.15, 0.2) is 6.04 Å². The van der Waals surface area contributed by atoms with Crippen molar-refractivity contribution in [3.63, 3.8) is 0 Å². The van der Waals surface area contributed by atoms with Gasteiger partial charge in [-0.25, -0.2) is 4.79 Å². The Kier molecular flexibility index (Phi) is 6.98. The normalized spacial score (nSPS) is 13.1. The predicted octanol–water partition coefficient (Wildman–Crippen LogP) is 1.02. The Bertz CT molecular complexity index is 477. The van der Waals surface area contributed by atoms with Crippen molar-refractivity contribution in [2.24, 2.45) is 0 Å². The summed E-state index contributed by atoms with van der Waals surface area (Å²) < 4.78 is 9.62. The molecule has 2 N–H and O–H groups in total. The van der Waals surface area contributed by atoms with Crippen LogP contribution in [0.1, 0.15) is 18.1 Å².